The average Bonchev–Trinajstić information content (AvgIpc) is 2.64. The number of aromatic nitrogens is 1. The van der Waals surface area contributed by atoms with E-state index in [2.05, 4.69) is 22.1 Å². The first-order valence-corrected chi connectivity index (χ1v) is 7.44. The molecule has 0 saturated carbocycles. The minimum absolute atomic E-state index is 0.119. The van der Waals surface area contributed by atoms with Crippen LogP contribution in [0.25, 0.3) is 0 Å². The highest BCUT2D eigenvalue weighted by atomic mass is 16.5. The topological polar surface area (TPSA) is 118 Å². The Hall–Kier alpha value is -3.73. The van der Waals surface area contributed by atoms with Gasteiger partial charge in [-0.15, -0.1) is 0 Å². The Bertz CT molecular complexity index is 852. The summed E-state index contributed by atoms with van der Waals surface area (Å²) in [7, 11) is 1.58. The third-order valence-corrected chi connectivity index (χ3v) is 3.09. The maximum absolute atomic E-state index is 11.7. The van der Waals surface area contributed by atoms with Crippen LogP contribution < -0.4 is 14.8 Å². The van der Waals surface area contributed by atoms with Gasteiger partial charge in [0.25, 0.3) is 5.91 Å². The zero-order chi connectivity index (χ0) is 18.9. The van der Waals surface area contributed by atoms with Crippen LogP contribution in [0.4, 0.5) is 0 Å². The van der Waals surface area contributed by atoms with E-state index in [9.17, 15) is 14.7 Å². The summed E-state index contributed by atoms with van der Waals surface area (Å²) in [6, 6.07) is 8.29. The van der Waals surface area contributed by atoms with Gasteiger partial charge >= 0.3 is 5.97 Å². The van der Waals surface area contributed by atoms with Crippen molar-refractivity contribution >= 4 is 11.9 Å². The zero-order valence-corrected chi connectivity index (χ0v) is 13.9. The number of carbonyl (C=O) groups excluding carboxylic acids is 1. The molecule has 134 valence electrons. The van der Waals surface area contributed by atoms with Crippen LogP contribution in [0.5, 0.6) is 17.2 Å². The molecule has 1 aromatic heterocycles. The highest BCUT2D eigenvalue weighted by Crippen LogP contribution is 2.17. The van der Waals surface area contributed by atoms with Crippen LogP contribution in [0.2, 0.25) is 0 Å². The van der Waals surface area contributed by atoms with Crippen LogP contribution in [0, 0.1) is 11.8 Å². The van der Waals surface area contributed by atoms with Crippen molar-refractivity contribution in [2.45, 2.75) is 0 Å². The molecule has 0 fully saturated rings. The molecule has 26 heavy (non-hydrogen) atoms. The number of methoxy groups -OCH3 is 1. The van der Waals surface area contributed by atoms with Gasteiger partial charge in [0.2, 0.25) is 0 Å². The number of aromatic hydroxyl groups is 1. The van der Waals surface area contributed by atoms with Gasteiger partial charge in [0.05, 0.1) is 7.11 Å². The molecular formula is C18H16N2O6. The fourth-order valence-corrected chi connectivity index (χ4v) is 1.87. The first-order valence-electron chi connectivity index (χ1n) is 7.44. The van der Waals surface area contributed by atoms with Gasteiger partial charge in [0.1, 0.15) is 30.4 Å². The number of pyridine rings is 1. The van der Waals surface area contributed by atoms with E-state index in [1.54, 1.807) is 31.4 Å². The minimum Gasteiger partial charge on any atom is -0.505 e. The Balaban J connectivity index is 1.93. The largest absolute Gasteiger partial charge is 0.505 e. The Morgan fingerprint density at radius 1 is 1.23 bits per heavy atom. The van der Waals surface area contributed by atoms with Crippen molar-refractivity contribution in [1.29, 1.82) is 0 Å². The summed E-state index contributed by atoms with van der Waals surface area (Å²) in [6.45, 7) is -0.446. The fraction of sp³-hybridized carbons (Fsp3) is 0.167. The van der Waals surface area contributed by atoms with Crippen LogP contribution in [0.3, 0.4) is 0 Å². The SMILES string of the molecule is COc1ccc(OCC#Cc2cnc(C(=O)NCC(=O)O)c(O)c2)cc1. The second-order valence-electron chi connectivity index (χ2n) is 4.93. The van der Waals surface area contributed by atoms with E-state index < -0.39 is 24.2 Å². The molecule has 0 atom stereocenters. The number of hydrogen-bond donors (Lipinski definition) is 3. The van der Waals surface area contributed by atoms with Crippen molar-refractivity contribution in [3.8, 4) is 29.1 Å². The van der Waals surface area contributed by atoms with Gasteiger partial charge in [-0.1, -0.05) is 11.8 Å². The lowest BCUT2D eigenvalue weighted by Crippen LogP contribution is -2.29. The first-order chi connectivity index (χ1) is 12.5. The predicted molar refractivity (Wildman–Crippen MR) is 91.2 cm³/mol. The standard InChI is InChI=1S/C18H16N2O6/c1-25-13-4-6-14(7-5-13)26-8-2-3-12-9-15(21)17(19-10-12)18(24)20-11-16(22)23/h4-7,9-10,21H,8,11H2,1H3,(H,20,24)(H,22,23). The molecule has 1 heterocycles. The molecule has 1 amide bonds. The molecule has 0 aliphatic carbocycles. The monoisotopic (exact) mass is 356 g/mol. The number of ether oxygens (including phenoxy) is 2. The van der Waals surface area contributed by atoms with E-state index in [-0.39, 0.29) is 12.3 Å². The van der Waals surface area contributed by atoms with Crippen LogP contribution in [-0.2, 0) is 4.79 Å². The molecule has 2 rings (SSSR count). The molecule has 2 aromatic rings. The molecule has 0 aliphatic heterocycles. The van der Waals surface area contributed by atoms with Crippen molar-refractivity contribution in [2.24, 2.45) is 0 Å². The molecule has 0 spiro atoms. The molecule has 3 N–H and O–H groups in total. The third-order valence-electron chi connectivity index (χ3n) is 3.09. The van der Waals surface area contributed by atoms with Crippen LogP contribution in [-0.4, -0.2) is 47.3 Å². The van der Waals surface area contributed by atoms with Crippen molar-refractivity contribution in [1.82, 2.24) is 10.3 Å². The predicted octanol–water partition coefficient (Wildman–Crippen LogP) is 1.04. The van der Waals surface area contributed by atoms with Crippen molar-refractivity contribution < 1.29 is 29.3 Å². The summed E-state index contributed by atoms with van der Waals surface area (Å²) in [5.41, 5.74) is 0.113. The third kappa shape index (κ3) is 5.42. The molecular weight excluding hydrogens is 340 g/mol. The maximum Gasteiger partial charge on any atom is 0.322 e. The smallest absolute Gasteiger partial charge is 0.322 e. The van der Waals surface area contributed by atoms with Gasteiger partial charge in [-0.05, 0) is 30.3 Å². The molecule has 0 radical (unpaired) electrons. The second-order valence-corrected chi connectivity index (χ2v) is 4.93. The Kier molecular flexibility index (Phi) is 6.40. The van der Waals surface area contributed by atoms with Crippen molar-refractivity contribution in [2.75, 3.05) is 20.3 Å². The van der Waals surface area contributed by atoms with E-state index in [4.69, 9.17) is 14.6 Å². The Morgan fingerprint density at radius 2 is 1.92 bits per heavy atom. The Labute approximate surface area is 149 Å². The quantitative estimate of drug-likeness (QED) is 0.662. The van der Waals surface area contributed by atoms with E-state index in [1.807, 2.05) is 0 Å². The minimum atomic E-state index is -1.20. The van der Waals surface area contributed by atoms with Crippen LogP contribution in [0.15, 0.2) is 36.5 Å². The number of nitrogens with one attached hydrogen (secondary N) is 1. The molecule has 0 bridgehead atoms. The lowest BCUT2D eigenvalue weighted by Gasteiger charge is -2.04. The molecule has 0 unspecified atom stereocenters. The Morgan fingerprint density at radius 3 is 2.54 bits per heavy atom. The summed E-state index contributed by atoms with van der Waals surface area (Å²) >= 11 is 0. The van der Waals surface area contributed by atoms with Crippen molar-refractivity contribution in [3.05, 3.63) is 47.8 Å². The summed E-state index contributed by atoms with van der Waals surface area (Å²) in [5, 5.41) is 20.5. The number of carbonyl (C=O) groups is 2. The van der Waals surface area contributed by atoms with Gasteiger partial charge in [0, 0.05) is 11.8 Å². The molecule has 1 aromatic carbocycles. The molecule has 0 aliphatic rings. The summed E-state index contributed by atoms with van der Waals surface area (Å²) in [6.07, 6.45) is 1.30. The van der Waals surface area contributed by atoms with Gasteiger partial charge in [0.15, 0.2) is 5.69 Å². The van der Waals surface area contributed by atoms with Gasteiger partial charge in [-0.25, -0.2) is 4.98 Å². The van der Waals surface area contributed by atoms with Gasteiger partial charge < -0.3 is 25.0 Å². The highest BCUT2D eigenvalue weighted by molar-refractivity contribution is 5.96. The maximum atomic E-state index is 11.7. The number of benzene rings is 1. The number of nitrogens with zero attached hydrogens (tertiary/aromatic N) is 1. The number of hydrogen-bond acceptors (Lipinski definition) is 6. The average molecular weight is 356 g/mol. The number of rotatable bonds is 6. The van der Waals surface area contributed by atoms with E-state index in [0.29, 0.717) is 11.3 Å². The highest BCUT2D eigenvalue weighted by Gasteiger charge is 2.13. The zero-order valence-electron chi connectivity index (χ0n) is 13.9. The second kappa shape index (κ2) is 8.94. The van der Waals surface area contributed by atoms with Gasteiger partial charge in [-0.3, -0.25) is 9.59 Å². The van der Waals surface area contributed by atoms with Crippen LogP contribution in [0.1, 0.15) is 16.1 Å². The normalized spacial score (nSPS) is 9.58. The van der Waals surface area contributed by atoms with E-state index >= 15 is 0 Å². The summed E-state index contributed by atoms with van der Waals surface area (Å²) in [4.78, 5) is 25.9. The molecule has 8 heteroatoms. The lowest BCUT2D eigenvalue weighted by molar-refractivity contribution is -0.135. The summed E-state index contributed by atoms with van der Waals surface area (Å²) in [5.74, 6) is 4.48. The molecule has 0 saturated heterocycles. The van der Waals surface area contributed by atoms with E-state index in [0.717, 1.165) is 5.75 Å². The fourth-order valence-electron chi connectivity index (χ4n) is 1.87. The number of carboxylic acid groups (broad SMARTS) is 1. The lowest BCUT2D eigenvalue weighted by atomic mass is 10.2. The van der Waals surface area contributed by atoms with Crippen LogP contribution >= 0.6 is 0 Å². The number of aliphatic carboxylic acids is 1. The van der Waals surface area contributed by atoms with Crippen molar-refractivity contribution in [3.63, 3.8) is 0 Å². The first kappa shape index (κ1) is 18.6. The molecule has 8 nitrogen and oxygen atoms in total. The number of carboxylic acids is 1. The number of amides is 1. The summed E-state index contributed by atoms with van der Waals surface area (Å²) < 4.78 is 10.5. The van der Waals surface area contributed by atoms with E-state index in [1.165, 1.54) is 12.3 Å². The van der Waals surface area contributed by atoms with Gasteiger partial charge in [-0.2, -0.15) is 0 Å².